The zero-order valence-corrected chi connectivity index (χ0v) is 10.3. The maximum absolute atomic E-state index is 5.95. The third kappa shape index (κ3) is 2.33. The number of nitrogen functional groups attached to an aromatic ring is 1. The number of aromatic nitrogens is 2. The van der Waals surface area contributed by atoms with Crippen molar-refractivity contribution >= 4 is 17.5 Å². The monoisotopic (exact) mass is 280 g/mol. The van der Waals surface area contributed by atoms with Gasteiger partial charge in [0.2, 0.25) is 18.6 Å². The Morgan fingerprint density at radius 2 is 2.16 bits per heavy atom. The number of hydrogen-bond acceptors (Lipinski definition) is 7. The number of hydrogen-bond donors (Lipinski definition) is 2. The van der Waals surface area contributed by atoms with Gasteiger partial charge in [0.25, 0.3) is 0 Å². The summed E-state index contributed by atoms with van der Waals surface area (Å²) in [5.41, 5.74) is 2.32. The molecule has 0 saturated carbocycles. The number of halogens is 1. The first-order chi connectivity index (χ1) is 9.26. The van der Waals surface area contributed by atoms with E-state index in [2.05, 4.69) is 15.4 Å². The lowest BCUT2D eigenvalue weighted by Gasteiger charge is -2.08. The summed E-state index contributed by atoms with van der Waals surface area (Å²) in [7, 11) is 0. The summed E-state index contributed by atoms with van der Waals surface area (Å²) in [5.74, 6) is 7.44. The fourth-order valence-corrected chi connectivity index (χ4v) is 1.67. The zero-order chi connectivity index (χ0) is 13.2. The van der Waals surface area contributed by atoms with Crippen LogP contribution in [0.25, 0.3) is 0 Å². The molecule has 1 aromatic carbocycles. The van der Waals surface area contributed by atoms with Gasteiger partial charge in [-0.2, -0.15) is 4.98 Å². The van der Waals surface area contributed by atoms with Crippen LogP contribution in [0.1, 0.15) is 0 Å². The van der Waals surface area contributed by atoms with Gasteiger partial charge in [0.15, 0.2) is 11.5 Å². The molecule has 0 amide bonds. The minimum absolute atomic E-state index is 0.198. The number of benzene rings is 1. The molecule has 0 atom stereocenters. The molecule has 3 N–H and O–H groups in total. The van der Waals surface area contributed by atoms with Gasteiger partial charge in [-0.3, -0.25) is 5.43 Å². The Morgan fingerprint density at radius 3 is 3.00 bits per heavy atom. The van der Waals surface area contributed by atoms with E-state index >= 15 is 0 Å². The van der Waals surface area contributed by atoms with Crippen LogP contribution in [0, 0.1) is 0 Å². The van der Waals surface area contributed by atoms with Gasteiger partial charge in [-0.25, -0.2) is 10.8 Å². The number of hydrazine groups is 1. The largest absolute Gasteiger partial charge is 0.454 e. The maximum atomic E-state index is 5.95. The molecular formula is C11H9ClN4O3. The van der Waals surface area contributed by atoms with Gasteiger partial charge in [0.05, 0.1) is 6.20 Å². The van der Waals surface area contributed by atoms with E-state index in [1.54, 1.807) is 18.2 Å². The fourth-order valence-electron chi connectivity index (χ4n) is 1.54. The molecule has 1 aliphatic heterocycles. The predicted molar refractivity (Wildman–Crippen MR) is 67.5 cm³/mol. The van der Waals surface area contributed by atoms with E-state index in [1.165, 1.54) is 6.20 Å². The average Bonchev–Trinajstić information content (AvgIpc) is 2.89. The molecule has 0 spiro atoms. The number of anilines is 1. The van der Waals surface area contributed by atoms with Crippen LogP contribution in [0.2, 0.25) is 5.02 Å². The van der Waals surface area contributed by atoms with Crippen LogP contribution in [0.15, 0.2) is 24.4 Å². The number of nitrogens with zero attached hydrogens (tertiary/aromatic N) is 2. The van der Waals surface area contributed by atoms with Crippen LogP contribution in [0.3, 0.4) is 0 Å². The third-order valence-corrected chi connectivity index (χ3v) is 2.66. The van der Waals surface area contributed by atoms with Crippen LogP contribution in [0.4, 0.5) is 5.95 Å². The van der Waals surface area contributed by atoms with Crippen molar-refractivity contribution in [2.45, 2.75) is 0 Å². The number of nitrogens with two attached hydrogens (primary N) is 1. The highest BCUT2D eigenvalue weighted by Crippen LogP contribution is 2.37. The first-order valence-corrected chi connectivity index (χ1v) is 5.71. The topological polar surface area (TPSA) is 91.5 Å². The Bertz CT molecular complexity index is 623. The summed E-state index contributed by atoms with van der Waals surface area (Å²) in [6, 6.07) is 5.16. The number of rotatable bonds is 3. The number of nitrogens with one attached hydrogen (secondary N) is 1. The van der Waals surface area contributed by atoms with Crippen molar-refractivity contribution in [3.05, 3.63) is 29.4 Å². The number of fused-ring (bicyclic) bond motifs is 1. The molecule has 98 valence electrons. The molecule has 7 nitrogen and oxygen atoms in total. The summed E-state index contributed by atoms with van der Waals surface area (Å²) >= 11 is 5.95. The van der Waals surface area contributed by atoms with Crippen LogP contribution in [-0.2, 0) is 0 Å². The van der Waals surface area contributed by atoms with Crippen LogP contribution in [0.5, 0.6) is 23.1 Å². The number of ether oxygens (including phenoxy) is 3. The Kier molecular flexibility index (Phi) is 2.98. The van der Waals surface area contributed by atoms with E-state index in [4.69, 9.17) is 31.7 Å². The first kappa shape index (κ1) is 11.8. The molecule has 1 aromatic heterocycles. The Hall–Kier alpha value is -2.25. The standard InChI is InChI=1S/C11H9ClN4O3/c12-7-4-14-11(16-13)15-10(7)19-6-1-2-8-9(3-6)18-5-17-8/h1-4H,5,13H2,(H,14,15,16). The molecular weight excluding hydrogens is 272 g/mol. The molecule has 0 radical (unpaired) electrons. The third-order valence-electron chi connectivity index (χ3n) is 2.40. The molecule has 2 aromatic rings. The molecule has 0 aliphatic carbocycles. The predicted octanol–water partition coefficient (Wildman–Crippen LogP) is 1.94. The maximum Gasteiger partial charge on any atom is 0.243 e. The lowest BCUT2D eigenvalue weighted by Crippen LogP contribution is -2.10. The van der Waals surface area contributed by atoms with E-state index < -0.39 is 0 Å². The van der Waals surface area contributed by atoms with Crippen molar-refractivity contribution in [2.24, 2.45) is 5.84 Å². The van der Waals surface area contributed by atoms with Gasteiger partial charge in [-0.15, -0.1) is 0 Å². The Labute approximate surface area is 113 Å². The van der Waals surface area contributed by atoms with Gasteiger partial charge in [0.1, 0.15) is 10.8 Å². The minimum Gasteiger partial charge on any atom is -0.454 e. The Morgan fingerprint density at radius 1 is 1.32 bits per heavy atom. The summed E-state index contributed by atoms with van der Waals surface area (Å²) < 4.78 is 16.0. The van der Waals surface area contributed by atoms with Crippen molar-refractivity contribution in [1.82, 2.24) is 9.97 Å². The van der Waals surface area contributed by atoms with Crippen molar-refractivity contribution in [3.8, 4) is 23.1 Å². The molecule has 0 bridgehead atoms. The van der Waals surface area contributed by atoms with E-state index in [-0.39, 0.29) is 23.6 Å². The summed E-state index contributed by atoms with van der Waals surface area (Å²) in [6.45, 7) is 0.203. The van der Waals surface area contributed by atoms with Crippen LogP contribution < -0.4 is 25.5 Å². The smallest absolute Gasteiger partial charge is 0.243 e. The average molecular weight is 281 g/mol. The van der Waals surface area contributed by atoms with Crippen LogP contribution >= 0.6 is 11.6 Å². The highest BCUT2D eigenvalue weighted by Gasteiger charge is 2.15. The van der Waals surface area contributed by atoms with Crippen molar-refractivity contribution < 1.29 is 14.2 Å². The second kappa shape index (κ2) is 4.79. The minimum atomic E-state index is 0.198. The normalized spacial score (nSPS) is 12.3. The van der Waals surface area contributed by atoms with Gasteiger partial charge in [0, 0.05) is 6.07 Å². The fraction of sp³-hybridized carbons (Fsp3) is 0.0909. The molecule has 8 heteroatoms. The highest BCUT2D eigenvalue weighted by molar-refractivity contribution is 6.31. The van der Waals surface area contributed by atoms with Gasteiger partial charge >= 0.3 is 0 Å². The van der Waals surface area contributed by atoms with E-state index in [0.29, 0.717) is 17.2 Å². The molecule has 0 unspecified atom stereocenters. The van der Waals surface area contributed by atoms with Gasteiger partial charge in [-0.05, 0) is 12.1 Å². The van der Waals surface area contributed by atoms with E-state index in [9.17, 15) is 0 Å². The summed E-state index contributed by atoms with van der Waals surface area (Å²) in [5, 5.41) is 0.275. The molecule has 3 rings (SSSR count). The van der Waals surface area contributed by atoms with Gasteiger partial charge in [-0.1, -0.05) is 11.6 Å². The van der Waals surface area contributed by atoms with Crippen molar-refractivity contribution in [2.75, 3.05) is 12.2 Å². The van der Waals surface area contributed by atoms with Crippen LogP contribution in [-0.4, -0.2) is 16.8 Å². The molecule has 19 heavy (non-hydrogen) atoms. The Balaban J connectivity index is 1.88. The highest BCUT2D eigenvalue weighted by atomic mass is 35.5. The lowest BCUT2D eigenvalue weighted by molar-refractivity contribution is 0.174. The quantitative estimate of drug-likeness (QED) is 0.655. The van der Waals surface area contributed by atoms with E-state index in [1.807, 2.05) is 0 Å². The van der Waals surface area contributed by atoms with Crippen molar-refractivity contribution in [3.63, 3.8) is 0 Å². The first-order valence-electron chi connectivity index (χ1n) is 5.33. The SMILES string of the molecule is NNc1ncc(Cl)c(Oc2ccc3c(c2)OCO3)n1. The van der Waals surface area contributed by atoms with E-state index in [0.717, 1.165) is 0 Å². The van der Waals surface area contributed by atoms with Gasteiger partial charge < -0.3 is 14.2 Å². The van der Waals surface area contributed by atoms with Crippen molar-refractivity contribution in [1.29, 1.82) is 0 Å². The zero-order valence-electron chi connectivity index (χ0n) is 9.59. The molecule has 2 heterocycles. The molecule has 1 aliphatic rings. The molecule has 0 saturated heterocycles. The second-order valence-electron chi connectivity index (χ2n) is 3.61. The summed E-state index contributed by atoms with van der Waals surface area (Å²) in [6.07, 6.45) is 1.39. The summed E-state index contributed by atoms with van der Waals surface area (Å²) in [4.78, 5) is 7.86. The second-order valence-corrected chi connectivity index (χ2v) is 4.02. The molecule has 0 fully saturated rings. The lowest BCUT2D eigenvalue weighted by atomic mass is 10.3.